The maximum absolute atomic E-state index is 14.4. The number of ketones is 1. The molecule has 0 aliphatic carbocycles. The average molecular weight is 478 g/mol. The molecular weight excluding hydrogens is 450 g/mol. The van der Waals surface area contributed by atoms with E-state index in [1.807, 2.05) is 66.7 Å². The molecule has 2 fully saturated rings. The number of amides is 2. The topological polar surface area (TPSA) is 78.5 Å². The van der Waals surface area contributed by atoms with E-state index in [0.29, 0.717) is 17.8 Å². The van der Waals surface area contributed by atoms with Gasteiger partial charge in [-0.2, -0.15) is 0 Å². The lowest BCUT2D eigenvalue weighted by Gasteiger charge is -2.43. The van der Waals surface area contributed by atoms with E-state index in [1.165, 1.54) is 0 Å². The Morgan fingerprint density at radius 3 is 2.44 bits per heavy atom. The molecule has 0 saturated carbocycles. The predicted molar refractivity (Wildman–Crippen MR) is 137 cm³/mol. The van der Waals surface area contributed by atoms with E-state index in [4.69, 9.17) is 0 Å². The number of fused-ring (bicyclic) bond motifs is 7. The lowest BCUT2D eigenvalue weighted by atomic mass is 9.57. The van der Waals surface area contributed by atoms with Crippen LogP contribution in [-0.4, -0.2) is 35.1 Å². The highest BCUT2D eigenvalue weighted by Gasteiger charge is 2.81. The molecule has 4 unspecified atom stereocenters. The van der Waals surface area contributed by atoms with Crippen LogP contribution in [0, 0.1) is 5.92 Å². The number of Topliss-reactive ketones (excluding diaryl/α,β-unsaturated/α-hetero) is 1. The van der Waals surface area contributed by atoms with Crippen LogP contribution in [0.2, 0.25) is 0 Å². The summed E-state index contributed by atoms with van der Waals surface area (Å²) in [6.07, 6.45) is 2.45. The van der Waals surface area contributed by atoms with Crippen LogP contribution in [0.1, 0.15) is 46.8 Å². The molecule has 0 radical (unpaired) electrons. The number of benzene rings is 3. The van der Waals surface area contributed by atoms with Crippen molar-refractivity contribution >= 4 is 29.0 Å². The van der Waals surface area contributed by atoms with Gasteiger partial charge in [-0.05, 0) is 49.1 Å². The van der Waals surface area contributed by atoms with E-state index in [0.717, 1.165) is 41.6 Å². The van der Waals surface area contributed by atoms with E-state index in [-0.39, 0.29) is 23.6 Å². The molecule has 3 aromatic rings. The van der Waals surface area contributed by atoms with Gasteiger partial charge in [-0.25, -0.2) is 0 Å². The summed E-state index contributed by atoms with van der Waals surface area (Å²) in [6.45, 7) is 2.74. The van der Waals surface area contributed by atoms with Gasteiger partial charge in [0.15, 0.2) is 5.78 Å². The second-order valence-electron chi connectivity index (χ2n) is 10.3. The van der Waals surface area contributed by atoms with Crippen LogP contribution in [0.15, 0.2) is 72.8 Å². The summed E-state index contributed by atoms with van der Waals surface area (Å²) in [7, 11) is 0. The number of anilines is 2. The number of para-hydroxylation sites is 1. The summed E-state index contributed by atoms with van der Waals surface area (Å²) in [5.74, 6) is -1.26. The Morgan fingerprint density at radius 1 is 0.917 bits per heavy atom. The van der Waals surface area contributed by atoms with Gasteiger partial charge < -0.3 is 10.6 Å². The number of nitrogens with zero attached hydrogens (tertiary/aromatic N) is 1. The van der Waals surface area contributed by atoms with Gasteiger partial charge in [0.1, 0.15) is 11.0 Å². The molecule has 2 amide bonds. The third-order valence-electron chi connectivity index (χ3n) is 8.91. The van der Waals surface area contributed by atoms with Crippen LogP contribution < -0.4 is 10.6 Å². The molecule has 4 atom stereocenters. The molecule has 0 bridgehead atoms. The molecule has 6 heteroatoms. The Morgan fingerprint density at radius 2 is 1.64 bits per heavy atom. The number of aryl methyl sites for hydroxylation is 1. The molecule has 4 aliphatic heterocycles. The summed E-state index contributed by atoms with van der Waals surface area (Å²) >= 11 is 0. The summed E-state index contributed by atoms with van der Waals surface area (Å²) in [5.41, 5.74) is 1.94. The normalized spacial score (nSPS) is 29.8. The molecule has 0 aromatic heterocycles. The molecule has 180 valence electrons. The predicted octanol–water partition coefficient (Wildman–Crippen LogP) is 4.26. The highest BCUT2D eigenvalue weighted by Crippen LogP contribution is 2.67. The van der Waals surface area contributed by atoms with Crippen molar-refractivity contribution in [3.63, 3.8) is 0 Å². The van der Waals surface area contributed by atoms with Gasteiger partial charge >= 0.3 is 0 Å². The fraction of sp³-hybridized carbons (Fsp3) is 0.300. The number of hydrogen-bond donors (Lipinski definition) is 2. The van der Waals surface area contributed by atoms with Gasteiger partial charge in [-0.3, -0.25) is 19.3 Å². The number of rotatable bonds is 3. The molecular formula is C30H27N3O3. The smallest absolute Gasteiger partial charge is 0.251 e. The highest BCUT2D eigenvalue weighted by molar-refractivity contribution is 6.21. The van der Waals surface area contributed by atoms with Crippen LogP contribution in [0.4, 0.5) is 11.4 Å². The van der Waals surface area contributed by atoms with Gasteiger partial charge in [0.2, 0.25) is 5.91 Å². The van der Waals surface area contributed by atoms with Crippen LogP contribution in [0.25, 0.3) is 0 Å². The first kappa shape index (κ1) is 21.5. The number of hydrogen-bond acceptors (Lipinski definition) is 4. The van der Waals surface area contributed by atoms with E-state index in [1.54, 1.807) is 0 Å². The van der Waals surface area contributed by atoms with Crippen molar-refractivity contribution in [3.8, 4) is 0 Å². The fourth-order valence-electron chi connectivity index (χ4n) is 7.63. The molecule has 4 heterocycles. The van der Waals surface area contributed by atoms with E-state index < -0.39 is 16.9 Å². The molecule has 3 aromatic carbocycles. The Bertz CT molecular complexity index is 1450. The standard InChI is InChI=1S/C30H27N3O3/c1-2-18-14-15-23-21(17-18)30(28(36)32-23)29(20-11-6-7-12-22(20)31-27(29)35)25(24-13-8-16-33(24)30)26(34)19-9-4-3-5-10-19/h3-7,9-12,14-15,17,24-25H,2,8,13,16H2,1H3,(H,31,35)(H,32,36). The quantitative estimate of drug-likeness (QED) is 0.553. The first-order chi connectivity index (χ1) is 17.5. The highest BCUT2D eigenvalue weighted by atomic mass is 16.2. The van der Waals surface area contributed by atoms with Gasteiger partial charge in [-0.1, -0.05) is 67.6 Å². The minimum absolute atomic E-state index is 0.0795. The Balaban J connectivity index is 1.60. The maximum Gasteiger partial charge on any atom is 0.251 e. The van der Waals surface area contributed by atoms with Crippen molar-refractivity contribution in [2.24, 2.45) is 5.92 Å². The zero-order valence-corrected chi connectivity index (χ0v) is 20.1. The molecule has 2 saturated heterocycles. The van der Waals surface area contributed by atoms with E-state index >= 15 is 0 Å². The van der Waals surface area contributed by atoms with Gasteiger partial charge in [0.25, 0.3) is 5.91 Å². The van der Waals surface area contributed by atoms with Crippen molar-refractivity contribution in [2.45, 2.75) is 43.2 Å². The van der Waals surface area contributed by atoms with Crippen molar-refractivity contribution in [3.05, 3.63) is 95.1 Å². The number of carbonyl (C=O) groups is 3. The second kappa shape index (κ2) is 7.37. The Kier molecular flexibility index (Phi) is 4.40. The Labute approximate surface area is 209 Å². The SMILES string of the molecule is CCc1ccc2c(c1)C1(C(=O)N2)N2CCCC2C(C(=O)c2ccccc2)C12C(=O)Nc1ccccc12. The summed E-state index contributed by atoms with van der Waals surface area (Å²) in [5, 5.41) is 6.21. The zero-order valence-electron chi connectivity index (χ0n) is 20.1. The molecule has 2 N–H and O–H groups in total. The minimum Gasteiger partial charge on any atom is -0.325 e. The van der Waals surface area contributed by atoms with Crippen LogP contribution in [-0.2, 0) is 27.0 Å². The van der Waals surface area contributed by atoms with Crippen LogP contribution >= 0.6 is 0 Å². The van der Waals surface area contributed by atoms with Gasteiger partial charge in [-0.15, -0.1) is 0 Å². The number of carbonyl (C=O) groups excluding carboxylic acids is 3. The van der Waals surface area contributed by atoms with Gasteiger partial charge in [0.05, 0.1) is 5.92 Å². The van der Waals surface area contributed by atoms with E-state index in [2.05, 4.69) is 28.5 Å². The lowest BCUT2D eigenvalue weighted by molar-refractivity contribution is -0.137. The summed E-state index contributed by atoms with van der Waals surface area (Å²) in [4.78, 5) is 45.5. The molecule has 7 rings (SSSR count). The summed E-state index contributed by atoms with van der Waals surface area (Å²) < 4.78 is 0. The largest absolute Gasteiger partial charge is 0.325 e. The molecule has 2 spiro atoms. The van der Waals surface area contributed by atoms with Crippen molar-refractivity contribution in [1.82, 2.24) is 4.90 Å². The molecule has 6 nitrogen and oxygen atoms in total. The number of nitrogens with one attached hydrogen (secondary N) is 2. The van der Waals surface area contributed by atoms with Crippen molar-refractivity contribution < 1.29 is 14.4 Å². The Hall–Kier alpha value is -3.77. The van der Waals surface area contributed by atoms with Crippen LogP contribution in [0.5, 0.6) is 0 Å². The van der Waals surface area contributed by atoms with Gasteiger partial charge in [0, 0.05) is 28.5 Å². The first-order valence-corrected chi connectivity index (χ1v) is 12.8. The van der Waals surface area contributed by atoms with Crippen molar-refractivity contribution in [1.29, 1.82) is 0 Å². The van der Waals surface area contributed by atoms with E-state index in [9.17, 15) is 14.4 Å². The third kappa shape index (κ3) is 2.33. The minimum atomic E-state index is -1.39. The molecule has 36 heavy (non-hydrogen) atoms. The average Bonchev–Trinajstić information content (AvgIpc) is 3.62. The monoisotopic (exact) mass is 477 g/mol. The first-order valence-electron chi connectivity index (χ1n) is 12.8. The zero-order chi connectivity index (χ0) is 24.7. The third-order valence-corrected chi connectivity index (χ3v) is 8.91. The molecule has 4 aliphatic rings. The van der Waals surface area contributed by atoms with Crippen molar-refractivity contribution in [2.75, 3.05) is 17.2 Å². The second-order valence-corrected chi connectivity index (χ2v) is 10.3. The fourth-order valence-corrected chi connectivity index (χ4v) is 7.63. The maximum atomic E-state index is 14.4. The lowest BCUT2D eigenvalue weighted by Crippen LogP contribution is -2.62. The van der Waals surface area contributed by atoms with Crippen LogP contribution in [0.3, 0.4) is 0 Å². The summed E-state index contributed by atoms with van der Waals surface area (Å²) in [6, 6.07) is 22.6.